The summed E-state index contributed by atoms with van der Waals surface area (Å²) in [6.07, 6.45) is 11.3. The molecule has 2 N–H and O–H groups in total. The number of rotatable bonds is 0. The predicted octanol–water partition coefficient (Wildman–Crippen LogP) is 7.00. The van der Waals surface area contributed by atoms with E-state index < -0.39 is 12.2 Å². The number of aliphatic hydroxyl groups excluding tert-OH is 2. The van der Waals surface area contributed by atoms with Crippen LogP contribution in [0.2, 0.25) is 0 Å². The van der Waals surface area contributed by atoms with Crippen molar-refractivity contribution in [3.8, 4) is 0 Å². The van der Waals surface area contributed by atoms with Crippen molar-refractivity contribution >= 4 is 0 Å². The smallest absolute Gasteiger partial charge is 0.0627 e. The third-order valence-electron chi connectivity index (χ3n) is 13.4. The third-order valence-corrected chi connectivity index (χ3v) is 13.4. The Morgan fingerprint density at radius 2 is 1.53 bits per heavy atom. The van der Waals surface area contributed by atoms with Crippen molar-refractivity contribution in [3.63, 3.8) is 0 Å². The van der Waals surface area contributed by atoms with Crippen LogP contribution in [0.4, 0.5) is 0 Å². The SMILES string of the molecule is CC1CCC2(C)CCC3(C)C4=CCC5C(C)(C)C(O)CC(O)C5(C)C4CCC3(C)C2C1C. The lowest BCUT2D eigenvalue weighted by molar-refractivity contribution is -0.210. The molecule has 0 spiro atoms. The summed E-state index contributed by atoms with van der Waals surface area (Å²) in [7, 11) is 0. The van der Waals surface area contributed by atoms with Gasteiger partial charge < -0.3 is 10.2 Å². The minimum atomic E-state index is -0.407. The quantitative estimate of drug-likeness (QED) is 0.397. The maximum absolute atomic E-state index is 11.5. The molecule has 11 unspecified atom stereocenters. The van der Waals surface area contributed by atoms with Gasteiger partial charge in [0.25, 0.3) is 0 Å². The molecule has 0 bridgehead atoms. The molecule has 0 aliphatic heterocycles. The van der Waals surface area contributed by atoms with E-state index in [1.165, 1.54) is 38.5 Å². The second kappa shape index (κ2) is 6.87. The molecular weight excluding hydrogens is 392 g/mol. The fourth-order valence-corrected chi connectivity index (χ4v) is 10.9. The molecular formula is C30H50O2. The van der Waals surface area contributed by atoms with Crippen LogP contribution in [0.1, 0.15) is 107 Å². The molecule has 2 nitrogen and oxygen atoms in total. The number of allylic oxidation sites excluding steroid dienone is 2. The highest BCUT2D eigenvalue weighted by Crippen LogP contribution is 2.75. The fourth-order valence-electron chi connectivity index (χ4n) is 10.9. The molecule has 5 rings (SSSR count). The lowest BCUT2D eigenvalue weighted by Crippen LogP contribution is -2.66. The molecule has 4 saturated carbocycles. The molecule has 32 heavy (non-hydrogen) atoms. The van der Waals surface area contributed by atoms with Crippen molar-refractivity contribution in [1.29, 1.82) is 0 Å². The first kappa shape index (κ1) is 23.4. The lowest BCUT2D eigenvalue weighted by Gasteiger charge is -2.72. The van der Waals surface area contributed by atoms with E-state index in [4.69, 9.17) is 0 Å². The van der Waals surface area contributed by atoms with Gasteiger partial charge in [0.2, 0.25) is 0 Å². The van der Waals surface area contributed by atoms with Gasteiger partial charge in [-0.1, -0.05) is 67.0 Å². The summed E-state index contributed by atoms with van der Waals surface area (Å²) in [5.74, 6) is 3.21. The maximum atomic E-state index is 11.5. The highest BCUT2D eigenvalue weighted by atomic mass is 16.3. The van der Waals surface area contributed by atoms with Crippen molar-refractivity contribution in [3.05, 3.63) is 11.6 Å². The Labute approximate surface area is 197 Å². The van der Waals surface area contributed by atoms with Gasteiger partial charge in [-0.3, -0.25) is 0 Å². The van der Waals surface area contributed by atoms with Crippen molar-refractivity contribution in [1.82, 2.24) is 0 Å². The molecule has 0 amide bonds. The van der Waals surface area contributed by atoms with Crippen LogP contribution in [0.25, 0.3) is 0 Å². The van der Waals surface area contributed by atoms with E-state index in [9.17, 15) is 10.2 Å². The number of fused-ring (bicyclic) bond motifs is 7. The molecule has 0 radical (unpaired) electrons. The summed E-state index contributed by atoms with van der Waals surface area (Å²) in [5.41, 5.74) is 2.50. The van der Waals surface area contributed by atoms with Gasteiger partial charge in [-0.05, 0) is 96.2 Å². The molecule has 2 heteroatoms. The van der Waals surface area contributed by atoms with Gasteiger partial charge in [0, 0.05) is 11.8 Å². The Bertz CT molecular complexity index is 814. The first-order valence-corrected chi connectivity index (χ1v) is 13.8. The monoisotopic (exact) mass is 442 g/mol. The molecule has 4 fully saturated rings. The summed E-state index contributed by atoms with van der Waals surface area (Å²) in [6.45, 7) is 19.9. The van der Waals surface area contributed by atoms with Crippen LogP contribution in [0, 0.1) is 56.7 Å². The van der Waals surface area contributed by atoms with Gasteiger partial charge in [-0.25, -0.2) is 0 Å². The van der Waals surface area contributed by atoms with Gasteiger partial charge in [0.1, 0.15) is 0 Å². The average molecular weight is 443 g/mol. The Kier molecular flexibility index (Phi) is 5.02. The topological polar surface area (TPSA) is 40.5 Å². The summed E-state index contributed by atoms with van der Waals surface area (Å²) >= 11 is 0. The highest BCUT2D eigenvalue weighted by Gasteiger charge is 2.69. The van der Waals surface area contributed by atoms with E-state index in [1.54, 1.807) is 5.57 Å². The molecule has 0 aromatic carbocycles. The van der Waals surface area contributed by atoms with Gasteiger partial charge in [-0.15, -0.1) is 0 Å². The summed E-state index contributed by atoms with van der Waals surface area (Å²) in [5, 5.41) is 22.3. The van der Waals surface area contributed by atoms with Gasteiger partial charge in [0.05, 0.1) is 12.2 Å². The largest absolute Gasteiger partial charge is 0.392 e. The zero-order valence-corrected chi connectivity index (χ0v) is 22.2. The second-order valence-corrected chi connectivity index (χ2v) is 14.8. The van der Waals surface area contributed by atoms with Gasteiger partial charge in [0.15, 0.2) is 0 Å². The van der Waals surface area contributed by atoms with Gasteiger partial charge in [-0.2, -0.15) is 0 Å². The molecule has 0 heterocycles. The normalized spacial score (nSPS) is 59.2. The lowest BCUT2D eigenvalue weighted by atomic mass is 9.33. The molecule has 5 aliphatic rings. The first-order chi connectivity index (χ1) is 14.7. The van der Waals surface area contributed by atoms with Crippen molar-refractivity contribution in [2.45, 2.75) is 119 Å². The summed E-state index contributed by atoms with van der Waals surface area (Å²) in [6, 6.07) is 0. The minimum Gasteiger partial charge on any atom is -0.392 e. The summed E-state index contributed by atoms with van der Waals surface area (Å²) < 4.78 is 0. The molecule has 0 aromatic heterocycles. The van der Waals surface area contributed by atoms with E-state index in [2.05, 4.69) is 61.5 Å². The zero-order valence-electron chi connectivity index (χ0n) is 22.2. The van der Waals surface area contributed by atoms with E-state index in [0.29, 0.717) is 29.1 Å². The van der Waals surface area contributed by atoms with Crippen molar-refractivity contribution in [2.75, 3.05) is 0 Å². The number of hydrogen-bond acceptors (Lipinski definition) is 2. The van der Waals surface area contributed by atoms with Gasteiger partial charge >= 0.3 is 0 Å². The van der Waals surface area contributed by atoms with Crippen molar-refractivity contribution < 1.29 is 10.2 Å². The number of aliphatic hydroxyl groups is 2. The van der Waals surface area contributed by atoms with E-state index in [0.717, 1.165) is 24.2 Å². The van der Waals surface area contributed by atoms with E-state index in [-0.39, 0.29) is 16.2 Å². The molecule has 0 aromatic rings. The highest BCUT2D eigenvalue weighted by molar-refractivity contribution is 5.34. The Hall–Kier alpha value is -0.340. The van der Waals surface area contributed by atoms with Crippen LogP contribution in [-0.2, 0) is 0 Å². The average Bonchev–Trinajstić information content (AvgIpc) is 2.71. The Morgan fingerprint density at radius 1 is 0.844 bits per heavy atom. The molecule has 11 atom stereocenters. The first-order valence-electron chi connectivity index (χ1n) is 13.8. The molecule has 0 saturated heterocycles. The van der Waals surface area contributed by atoms with Crippen LogP contribution in [0.5, 0.6) is 0 Å². The Balaban J connectivity index is 1.60. The van der Waals surface area contributed by atoms with Crippen LogP contribution < -0.4 is 0 Å². The zero-order chi connectivity index (χ0) is 23.5. The summed E-state index contributed by atoms with van der Waals surface area (Å²) in [4.78, 5) is 0. The van der Waals surface area contributed by atoms with E-state index >= 15 is 0 Å². The Morgan fingerprint density at radius 3 is 2.22 bits per heavy atom. The van der Waals surface area contributed by atoms with Crippen LogP contribution in [0.15, 0.2) is 11.6 Å². The predicted molar refractivity (Wildman–Crippen MR) is 132 cm³/mol. The van der Waals surface area contributed by atoms with Crippen LogP contribution in [0.3, 0.4) is 0 Å². The number of hydrogen-bond donors (Lipinski definition) is 2. The second-order valence-electron chi connectivity index (χ2n) is 14.8. The fraction of sp³-hybridized carbons (Fsp3) is 0.933. The standard InChI is InChI=1S/C30H50O2/c1-18-11-13-27(5)15-16-28(6)20-9-10-22-26(3,4)23(31)17-24(32)30(22,8)21(20)12-14-29(28,7)25(27)19(18)2/h9,18-19,21-25,31-32H,10-17H2,1-8H3. The van der Waals surface area contributed by atoms with E-state index in [1.807, 2.05) is 0 Å². The maximum Gasteiger partial charge on any atom is 0.0627 e. The molecule has 5 aliphatic carbocycles. The van der Waals surface area contributed by atoms with Crippen LogP contribution in [-0.4, -0.2) is 22.4 Å². The van der Waals surface area contributed by atoms with Crippen molar-refractivity contribution in [2.24, 2.45) is 56.7 Å². The third kappa shape index (κ3) is 2.61. The van der Waals surface area contributed by atoms with Crippen LogP contribution >= 0.6 is 0 Å². The minimum absolute atomic E-state index is 0.122. The molecule has 182 valence electrons.